The quantitative estimate of drug-likeness (QED) is 0.542. The van der Waals surface area contributed by atoms with Crippen LogP contribution in [0.25, 0.3) is 11.5 Å². The van der Waals surface area contributed by atoms with Crippen LogP contribution < -0.4 is 0 Å². The van der Waals surface area contributed by atoms with Gasteiger partial charge in [0, 0.05) is 18.7 Å². The number of rotatable bonds is 5. The summed E-state index contributed by atoms with van der Waals surface area (Å²) in [7, 11) is -3.52. The van der Waals surface area contributed by atoms with Gasteiger partial charge in [-0.3, -0.25) is 0 Å². The largest absolute Gasteiger partial charge is 0.420 e. The standard InChI is InChI=1S/C22H22F3N3O3S/c1-15-4-2-5-16(12-15)14-32(29,30)28-11-3-6-18(13-28)21-27-26-20(31-21)17-7-9-19(10-8-17)22(23,24)25/h2,4-5,7-10,12,18H,3,6,11,13-14H2,1H3. The first-order valence-electron chi connectivity index (χ1n) is 10.2. The van der Waals surface area contributed by atoms with Gasteiger partial charge in [0.1, 0.15) is 0 Å². The fraction of sp³-hybridized carbons (Fsp3) is 0.364. The maximum atomic E-state index is 13.0. The molecule has 0 spiro atoms. The molecule has 1 aromatic heterocycles. The zero-order valence-corrected chi connectivity index (χ0v) is 18.2. The molecule has 0 amide bonds. The van der Waals surface area contributed by atoms with E-state index in [0.717, 1.165) is 23.3 Å². The van der Waals surface area contributed by atoms with E-state index in [0.29, 0.717) is 24.9 Å². The minimum absolute atomic E-state index is 0.0813. The number of aryl methyl sites for hydroxylation is 1. The second kappa shape index (κ2) is 8.67. The van der Waals surface area contributed by atoms with E-state index in [1.54, 1.807) is 6.07 Å². The number of benzene rings is 2. The van der Waals surface area contributed by atoms with E-state index < -0.39 is 21.8 Å². The molecule has 1 unspecified atom stereocenters. The molecule has 32 heavy (non-hydrogen) atoms. The Hall–Kier alpha value is -2.72. The zero-order chi connectivity index (χ0) is 22.9. The smallest absolute Gasteiger partial charge is 0.416 e. The fourth-order valence-electron chi connectivity index (χ4n) is 3.82. The van der Waals surface area contributed by atoms with E-state index in [2.05, 4.69) is 10.2 Å². The lowest BCUT2D eigenvalue weighted by Crippen LogP contribution is -2.39. The van der Waals surface area contributed by atoms with Crippen molar-refractivity contribution >= 4 is 10.0 Å². The number of sulfonamides is 1. The monoisotopic (exact) mass is 465 g/mol. The molecule has 4 rings (SSSR count). The maximum Gasteiger partial charge on any atom is 0.416 e. The van der Waals surface area contributed by atoms with E-state index in [-0.39, 0.29) is 30.0 Å². The summed E-state index contributed by atoms with van der Waals surface area (Å²) in [6.45, 7) is 2.56. The van der Waals surface area contributed by atoms with Crippen LogP contribution in [-0.4, -0.2) is 36.0 Å². The molecule has 1 saturated heterocycles. The SMILES string of the molecule is Cc1cccc(CS(=O)(=O)N2CCCC(c3nnc(-c4ccc(C(F)(F)F)cc4)o3)C2)c1. The lowest BCUT2D eigenvalue weighted by Gasteiger charge is -2.30. The van der Waals surface area contributed by atoms with Crippen molar-refractivity contribution in [3.63, 3.8) is 0 Å². The highest BCUT2D eigenvalue weighted by Gasteiger charge is 2.33. The van der Waals surface area contributed by atoms with Gasteiger partial charge in [0.15, 0.2) is 0 Å². The lowest BCUT2D eigenvalue weighted by molar-refractivity contribution is -0.137. The Labute approximate surface area is 184 Å². The number of halogens is 3. The Morgan fingerprint density at radius 1 is 1.12 bits per heavy atom. The second-order valence-corrected chi connectivity index (χ2v) is 9.93. The highest BCUT2D eigenvalue weighted by molar-refractivity contribution is 7.88. The van der Waals surface area contributed by atoms with Gasteiger partial charge >= 0.3 is 6.18 Å². The topological polar surface area (TPSA) is 76.3 Å². The van der Waals surface area contributed by atoms with Crippen LogP contribution in [0.3, 0.4) is 0 Å². The van der Waals surface area contributed by atoms with Crippen molar-refractivity contribution in [3.8, 4) is 11.5 Å². The van der Waals surface area contributed by atoms with Crippen molar-refractivity contribution in [2.24, 2.45) is 0 Å². The highest BCUT2D eigenvalue weighted by Crippen LogP contribution is 2.33. The first-order valence-corrected chi connectivity index (χ1v) is 11.8. The molecule has 6 nitrogen and oxygen atoms in total. The van der Waals surface area contributed by atoms with Crippen molar-refractivity contribution in [1.82, 2.24) is 14.5 Å². The fourth-order valence-corrected chi connectivity index (χ4v) is 5.42. The lowest BCUT2D eigenvalue weighted by atomic mass is 10.00. The summed E-state index contributed by atoms with van der Waals surface area (Å²) in [4.78, 5) is 0. The van der Waals surface area contributed by atoms with Crippen molar-refractivity contribution < 1.29 is 26.0 Å². The molecule has 10 heteroatoms. The summed E-state index contributed by atoms with van der Waals surface area (Å²) < 4.78 is 71.3. The number of piperidine rings is 1. The minimum atomic E-state index is -4.42. The van der Waals surface area contributed by atoms with Crippen LogP contribution in [0, 0.1) is 6.92 Å². The summed E-state index contributed by atoms with van der Waals surface area (Å²) in [5.41, 5.74) is 1.34. The van der Waals surface area contributed by atoms with Gasteiger partial charge in [0.2, 0.25) is 21.8 Å². The van der Waals surface area contributed by atoms with Crippen LogP contribution in [0.15, 0.2) is 52.9 Å². The predicted octanol–water partition coefficient (Wildman–Crippen LogP) is 4.77. The average Bonchev–Trinajstić information content (AvgIpc) is 3.23. The first-order chi connectivity index (χ1) is 15.1. The number of aromatic nitrogens is 2. The molecule has 170 valence electrons. The molecule has 1 fully saturated rings. The average molecular weight is 465 g/mol. The summed E-state index contributed by atoms with van der Waals surface area (Å²) in [5.74, 6) is 0.0396. The summed E-state index contributed by atoms with van der Waals surface area (Å²) in [6, 6.07) is 11.9. The third-order valence-corrected chi connectivity index (χ3v) is 7.27. The van der Waals surface area contributed by atoms with Crippen molar-refractivity contribution in [3.05, 3.63) is 71.1 Å². The van der Waals surface area contributed by atoms with Crippen LogP contribution in [0.4, 0.5) is 13.2 Å². The molecule has 0 aliphatic carbocycles. The third-order valence-electron chi connectivity index (χ3n) is 5.46. The zero-order valence-electron chi connectivity index (χ0n) is 17.3. The Morgan fingerprint density at radius 3 is 2.56 bits per heavy atom. The van der Waals surface area contributed by atoms with E-state index in [1.165, 1.54) is 16.4 Å². The number of alkyl halides is 3. The van der Waals surface area contributed by atoms with Crippen LogP contribution in [-0.2, 0) is 22.0 Å². The molecule has 1 aliphatic rings. The number of nitrogens with zero attached hydrogens (tertiary/aromatic N) is 3. The summed E-state index contributed by atoms with van der Waals surface area (Å²) in [5, 5.41) is 7.99. The molecule has 2 heterocycles. The Morgan fingerprint density at radius 2 is 1.88 bits per heavy atom. The maximum absolute atomic E-state index is 13.0. The van der Waals surface area contributed by atoms with E-state index in [9.17, 15) is 21.6 Å². The molecular formula is C22H22F3N3O3S. The Kier molecular flexibility index (Phi) is 6.09. The molecule has 0 bridgehead atoms. The third kappa shape index (κ3) is 5.02. The molecule has 0 saturated carbocycles. The Bertz CT molecular complexity index is 1190. The molecule has 1 atom stereocenters. The Balaban J connectivity index is 1.47. The van der Waals surface area contributed by atoms with Crippen LogP contribution in [0.1, 0.15) is 41.3 Å². The molecule has 2 aromatic carbocycles. The minimum Gasteiger partial charge on any atom is -0.420 e. The summed E-state index contributed by atoms with van der Waals surface area (Å²) in [6.07, 6.45) is -3.09. The molecular weight excluding hydrogens is 443 g/mol. The van der Waals surface area contributed by atoms with Crippen molar-refractivity contribution in [2.45, 2.75) is 37.6 Å². The number of hydrogen-bond donors (Lipinski definition) is 0. The van der Waals surface area contributed by atoms with Crippen LogP contribution >= 0.6 is 0 Å². The van der Waals surface area contributed by atoms with Crippen molar-refractivity contribution in [2.75, 3.05) is 13.1 Å². The molecule has 1 aliphatic heterocycles. The van der Waals surface area contributed by atoms with Gasteiger partial charge in [-0.05, 0) is 49.6 Å². The second-order valence-electron chi connectivity index (χ2n) is 7.96. The molecule has 0 radical (unpaired) electrons. The van der Waals surface area contributed by atoms with Gasteiger partial charge in [-0.25, -0.2) is 12.7 Å². The van der Waals surface area contributed by atoms with Gasteiger partial charge in [-0.2, -0.15) is 13.2 Å². The molecule has 0 N–H and O–H groups in total. The normalized spacial score (nSPS) is 18.1. The summed E-state index contributed by atoms with van der Waals surface area (Å²) >= 11 is 0. The van der Waals surface area contributed by atoms with Crippen LogP contribution in [0.2, 0.25) is 0 Å². The van der Waals surface area contributed by atoms with Gasteiger partial charge in [0.05, 0.1) is 17.2 Å². The molecule has 3 aromatic rings. The van der Waals surface area contributed by atoms with Gasteiger partial charge in [0.25, 0.3) is 0 Å². The predicted molar refractivity (Wildman–Crippen MR) is 112 cm³/mol. The van der Waals surface area contributed by atoms with Crippen LogP contribution in [0.5, 0.6) is 0 Å². The van der Waals surface area contributed by atoms with Gasteiger partial charge < -0.3 is 4.42 Å². The van der Waals surface area contributed by atoms with Gasteiger partial charge in [-0.15, -0.1) is 10.2 Å². The number of hydrogen-bond acceptors (Lipinski definition) is 5. The van der Waals surface area contributed by atoms with E-state index >= 15 is 0 Å². The highest BCUT2D eigenvalue weighted by atomic mass is 32.2. The van der Waals surface area contributed by atoms with Gasteiger partial charge in [-0.1, -0.05) is 29.8 Å². The van der Waals surface area contributed by atoms with E-state index in [1.807, 2.05) is 25.1 Å². The van der Waals surface area contributed by atoms with Crippen molar-refractivity contribution in [1.29, 1.82) is 0 Å². The van der Waals surface area contributed by atoms with E-state index in [4.69, 9.17) is 4.42 Å². The first kappa shape index (κ1) is 22.5.